The molecule has 3 N–H and O–H groups in total. The molecular weight excluding hydrogens is 506 g/mol. The lowest BCUT2D eigenvalue weighted by molar-refractivity contribution is -0.142. The summed E-state index contributed by atoms with van der Waals surface area (Å²) in [5.41, 5.74) is 2.74. The fraction of sp³-hybridized carbons (Fsp3) is 0.531. The Morgan fingerprint density at radius 3 is 2.15 bits per heavy atom. The predicted molar refractivity (Wildman–Crippen MR) is 156 cm³/mol. The first-order valence-corrected chi connectivity index (χ1v) is 14.3. The number of likely N-dealkylation sites (N-methyl/N-ethyl adjacent to an activating group) is 1. The van der Waals surface area contributed by atoms with Crippen LogP contribution in [-0.2, 0) is 20.7 Å². The van der Waals surface area contributed by atoms with Crippen LogP contribution in [0.2, 0.25) is 0 Å². The number of aryl methyl sites for hydroxylation is 2. The smallest absolute Gasteiger partial charge is 0.408 e. The first-order valence-electron chi connectivity index (χ1n) is 14.3. The molecule has 1 aliphatic rings. The number of amides is 3. The molecule has 0 aliphatic heterocycles. The van der Waals surface area contributed by atoms with Crippen LogP contribution in [0.3, 0.4) is 0 Å². The van der Waals surface area contributed by atoms with E-state index in [1.807, 2.05) is 39.0 Å². The van der Waals surface area contributed by atoms with Crippen molar-refractivity contribution in [3.63, 3.8) is 0 Å². The number of phenols is 1. The summed E-state index contributed by atoms with van der Waals surface area (Å²) in [5.74, 6) is -0.492. The lowest BCUT2D eigenvalue weighted by atomic mass is 9.94. The maximum absolute atomic E-state index is 14.3. The molecule has 1 aliphatic carbocycles. The number of carbonyl (C=O) groups is 3. The molecule has 0 aromatic heterocycles. The van der Waals surface area contributed by atoms with Gasteiger partial charge >= 0.3 is 6.09 Å². The Bertz CT molecular complexity index is 1150. The van der Waals surface area contributed by atoms with Crippen molar-refractivity contribution < 1.29 is 24.2 Å². The lowest BCUT2D eigenvalue weighted by Crippen LogP contribution is -2.54. The second-order valence-corrected chi connectivity index (χ2v) is 11.9. The molecule has 2 aromatic rings. The number of hydrogen-bond acceptors (Lipinski definition) is 5. The van der Waals surface area contributed by atoms with E-state index in [1.54, 1.807) is 37.8 Å². The van der Waals surface area contributed by atoms with Gasteiger partial charge in [-0.15, -0.1) is 0 Å². The number of hydrogen-bond donors (Lipinski definition) is 3. The van der Waals surface area contributed by atoms with Crippen LogP contribution in [-0.4, -0.2) is 52.1 Å². The van der Waals surface area contributed by atoms with E-state index in [4.69, 9.17) is 4.74 Å². The number of rotatable bonds is 9. The van der Waals surface area contributed by atoms with E-state index in [2.05, 4.69) is 10.6 Å². The maximum Gasteiger partial charge on any atom is 0.408 e. The van der Waals surface area contributed by atoms with E-state index < -0.39 is 23.8 Å². The molecule has 0 spiro atoms. The van der Waals surface area contributed by atoms with E-state index in [0.29, 0.717) is 0 Å². The van der Waals surface area contributed by atoms with Crippen molar-refractivity contribution in [3.05, 3.63) is 64.7 Å². The number of nitrogens with zero attached hydrogens (tertiary/aromatic N) is 1. The summed E-state index contributed by atoms with van der Waals surface area (Å²) in [6.45, 7) is 11.3. The van der Waals surface area contributed by atoms with Gasteiger partial charge in [-0.1, -0.05) is 60.7 Å². The van der Waals surface area contributed by atoms with Gasteiger partial charge in [0.15, 0.2) is 0 Å². The second kappa shape index (κ2) is 13.7. The molecule has 3 amide bonds. The highest BCUT2D eigenvalue weighted by atomic mass is 16.6. The number of phenolic OH excluding ortho intramolecular Hbond substituents is 1. The molecule has 2 aromatic carbocycles. The number of alkyl carbamates (subject to hydrolysis) is 1. The number of carbonyl (C=O) groups excluding carboxylic acids is 3. The van der Waals surface area contributed by atoms with E-state index >= 15 is 0 Å². The highest BCUT2D eigenvalue weighted by Crippen LogP contribution is 2.27. The molecule has 1 saturated carbocycles. The van der Waals surface area contributed by atoms with Crippen LogP contribution >= 0.6 is 0 Å². The van der Waals surface area contributed by atoms with Crippen LogP contribution in [0.5, 0.6) is 5.75 Å². The molecule has 1 fully saturated rings. The third-order valence-electron chi connectivity index (χ3n) is 7.06. The predicted octanol–water partition coefficient (Wildman–Crippen LogP) is 5.48. The van der Waals surface area contributed by atoms with Crippen LogP contribution in [0.15, 0.2) is 42.5 Å². The van der Waals surface area contributed by atoms with Gasteiger partial charge in [0.25, 0.3) is 0 Å². The first-order chi connectivity index (χ1) is 18.9. The van der Waals surface area contributed by atoms with Crippen molar-refractivity contribution in [1.82, 2.24) is 15.5 Å². The van der Waals surface area contributed by atoms with Crippen LogP contribution in [0.25, 0.3) is 0 Å². The summed E-state index contributed by atoms with van der Waals surface area (Å²) in [5, 5.41) is 15.7. The number of benzene rings is 2. The Balaban J connectivity index is 1.98. The minimum atomic E-state index is -0.991. The summed E-state index contributed by atoms with van der Waals surface area (Å²) < 4.78 is 5.47. The Morgan fingerprint density at radius 1 is 1.00 bits per heavy atom. The van der Waals surface area contributed by atoms with Crippen molar-refractivity contribution in [2.45, 2.75) is 104 Å². The molecule has 0 saturated heterocycles. The Kier molecular flexibility index (Phi) is 10.6. The van der Waals surface area contributed by atoms with Crippen molar-refractivity contribution in [2.24, 2.45) is 0 Å². The second-order valence-electron chi connectivity index (χ2n) is 11.9. The molecule has 2 unspecified atom stereocenters. The van der Waals surface area contributed by atoms with Crippen LogP contribution < -0.4 is 10.6 Å². The standard InChI is InChI=1S/C32H45N3O5/c1-7-35(28(24-18-21(2)17-22(3)19-24)29(37)33-25-11-9-8-10-12-25)30(38)27(34-31(39)40-32(4,5)6)20-23-13-15-26(36)16-14-23/h13-19,25,27-28,36H,7-12,20H2,1-6H3,(H,33,37)(H,34,39). The van der Waals surface area contributed by atoms with Crippen molar-refractivity contribution in [2.75, 3.05) is 6.54 Å². The van der Waals surface area contributed by atoms with Gasteiger partial charge in [-0.25, -0.2) is 4.79 Å². The minimum Gasteiger partial charge on any atom is -0.508 e. The van der Waals surface area contributed by atoms with Gasteiger partial charge in [-0.05, 0) is 77.6 Å². The summed E-state index contributed by atoms with van der Waals surface area (Å²) >= 11 is 0. The SMILES string of the molecule is CCN(C(=O)C(Cc1ccc(O)cc1)NC(=O)OC(C)(C)C)C(C(=O)NC1CCCCC1)c1cc(C)cc(C)c1. The molecule has 8 heteroatoms. The lowest BCUT2D eigenvalue weighted by Gasteiger charge is -2.35. The monoisotopic (exact) mass is 551 g/mol. The highest BCUT2D eigenvalue weighted by Gasteiger charge is 2.36. The highest BCUT2D eigenvalue weighted by molar-refractivity contribution is 5.92. The third-order valence-corrected chi connectivity index (χ3v) is 7.06. The molecule has 0 bridgehead atoms. The van der Waals surface area contributed by atoms with Gasteiger partial charge < -0.3 is 25.4 Å². The molecule has 0 radical (unpaired) electrons. The summed E-state index contributed by atoms with van der Waals surface area (Å²) in [6.07, 6.45) is 4.62. The van der Waals surface area contributed by atoms with Crippen LogP contribution in [0, 0.1) is 13.8 Å². The van der Waals surface area contributed by atoms with E-state index in [0.717, 1.165) is 47.9 Å². The van der Waals surface area contributed by atoms with Crippen molar-refractivity contribution in [3.8, 4) is 5.75 Å². The number of nitrogens with one attached hydrogen (secondary N) is 2. The summed E-state index contributed by atoms with van der Waals surface area (Å²) in [7, 11) is 0. The topological polar surface area (TPSA) is 108 Å². The molecular formula is C32H45N3O5. The molecule has 218 valence electrons. The van der Waals surface area contributed by atoms with Crippen molar-refractivity contribution in [1.29, 1.82) is 0 Å². The maximum atomic E-state index is 14.3. The van der Waals surface area contributed by atoms with Crippen LogP contribution in [0.4, 0.5) is 4.79 Å². The molecule has 8 nitrogen and oxygen atoms in total. The zero-order valence-corrected chi connectivity index (χ0v) is 24.8. The minimum absolute atomic E-state index is 0.0798. The summed E-state index contributed by atoms with van der Waals surface area (Å²) in [4.78, 5) is 42.6. The molecule has 40 heavy (non-hydrogen) atoms. The van der Waals surface area contributed by atoms with Gasteiger partial charge in [0.1, 0.15) is 23.4 Å². The quantitative estimate of drug-likeness (QED) is 0.382. The number of aromatic hydroxyl groups is 1. The van der Waals surface area contributed by atoms with E-state index in [9.17, 15) is 19.5 Å². The van der Waals surface area contributed by atoms with Gasteiger partial charge in [0.2, 0.25) is 11.8 Å². The van der Waals surface area contributed by atoms with Gasteiger partial charge in [0.05, 0.1) is 0 Å². The average molecular weight is 552 g/mol. The first kappa shape index (κ1) is 31.0. The van der Waals surface area contributed by atoms with Gasteiger partial charge in [0, 0.05) is 19.0 Å². The normalized spacial score (nSPS) is 15.6. The Labute approximate surface area is 238 Å². The zero-order valence-electron chi connectivity index (χ0n) is 24.8. The van der Waals surface area contributed by atoms with Gasteiger partial charge in [-0.2, -0.15) is 0 Å². The fourth-order valence-electron chi connectivity index (χ4n) is 5.35. The largest absolute Gasteiger partial charge is 0.508 e. The Morgan fingerprint density at radius 2 is 1.60 bits per heavy atom. The zero-order chi connectivity index (χ0) is 29.4. The average Bonchev–Trinajstić information content (AvgIpc) is 2.86. The fourth-order valence-corrected chi connectivity index (χ4v) is 5.35. The van der Waals surface area contributed by atoms with Crippen LogP contribution in [0.1, 0.15) is 88.1 Å². The van der Waals surface area contributed by atoms with Crippen molar-refractivity contribution >= 4 is 17.9 Å². The summed E-state index contributed by atoms with van der Waals surface area (Å²) in [6, 6.07) is 10.7. The molecule has 2 atom stereocenters. The van der Waals surface area contributed by atoms with Gasteiger partial charge in [-0.3, -0.25) is 9.59 Å². The molecule has 3 rings (SSSR count). The van der Waals surface area contributed by atoms with E-state index in [1.165, 1.54) is 18.6 Å². The number of ether oxygens (including phenoxy) is 1. The molecule has 0 heterocycles. The third kappa shape index (κ3) is 9.00. The Hall–Kier alpha value is -3.55. The van der Waals surface area contributed by atoms with E-state index in [-0.39, 0.29) is 36.6 Å².